The van der Waals surface area contributed by atoms with Crippen LogP contribution in [-0.4, -0.2) is 24.8 Å². The van der Waals surface area contributed by atoms with E-state index in [1.54, 1.807) is 12.2 Å². The summed E-state index contributed by atoms with van der Waals surface area (Å²) >= 11 is 0. The topological polar surface area (TPSA) is 86.5 Å². The first-order chi connectivity index (χ1) is 8.70. The number of benzene rings is 1. The fourth-order valence-corrected chi connectivity index (χ4v) is 2.77. The minimum absolute atomic E-state index is 0.0732. The van der Waals surface area contributed by atoms with E-state index in [9.17, 15) is 18.5 Å². The molecular formula is C12H13NO5S. The number of nitro groups is 1. The molecule has 0 aliphatic carbocycles. The van der Waals surface area contributed by atoms with Crippen LogP contribution in [0.4, 0.5) is 0 Å². The average Bonchev–Trinajstić information content (AvgIpc) is 2.25. The molecule has 0 atom stereocenters. The molecule has 0 N–H and O–H groups in total. The van der Waals surface area contributed by atoms with Gasteiger partial charge in [-0.2, -0.15) is 0 Å². The van der Waals surface area contributed by atoms with Gasteiger partial charge >= 0.3 is 5.88 Å². The Kier molecular flexibility index (Phi) is 3.09. The maximum absolute atomic E-state index is 11.7. The molecule has 1 aliphatic heterocycles. The van der Waals surface area contributed by atoms with Crippen molar-refractivity contribution < 1.29 is 18.1 Å². The molecule has 0 fully saturated rings. The Hall–Kier alpha value is -1.89. The number of nitrogens with zero attached hydrogens (tertiary/aromatic N) is 1. The summed E-state index contributed by atoms with van der Waals surface area (Å²) in [6.45, 7) is 3.76. The van der Waals surface area contributed by atoms with Gasteiger partial charge in [-0.3, -0.25) is 10.1 Å². The second kappa shape index (κ2) is 4.34. The summed E-state index contributed by atoms with van der Waals surface area (Å²) in [4.78, 5) is 9.42. The number of hydrogen-bond acceptors (Lipinski definition) is 5. The number of hydrogen-bond donors (Lipinski definition) is 0. The number of fused-ring (bicyclic) bond motifs is 1. The molecule has 19 heavy (non-hydrogen) atoms. The minimum atomic E-state index is -3.91. The van der Waals surface area contributed by atoms with Crippen molar-refractivity contribution in [3.05, 3.63) is 40.0 Å². The zero-order chi connectivity index (χ0) is 14.3. The first kappa shape index (κ1) is 13.5. The monoisotopic (exact) mass is 283 g/mol. The molecule has 2 rings (SSSR count). The molecular weight excluding hydrogens is 270 g/mol. The van der Waals surface area contributed by atoms with E-state index < -0.39 is 26.2 Å². The van der Waals surface area contributed by atoms with Crippen LogP contribution >= 0.6 is 0 Å². The van der Waals surface area contributed by atoms with Crippen LogP contribution in [0.15, 0.2) is 29.2 Å². The summed E-state index contributed by atoms with van der Waals surface area (Å²) in [7, 11) is -3.91. The molecule has 0 spiro atoms. The van der Waals surface area contributed by atoms with Gasteiger partial charge in [-0.15, -0.1) is 0 Å². The molecule has 0 radical (unpaired) electrons. The molecule has 1 heterocycles. The number of sulfone groups is 1. The van der Waals surface area contributed by atoms with Crippen molar-refractivity contribution in [2.75, 3.05) is 5.88 Å². The summed E-state index contributed by atoms with van der Waals surface area (Å²) < 4.78 is 29.2. The highest BCUT2D eigenvalue weighted by Crippen LogP contribution is 2.32. The summed E-state index contributed by atoms with van der Waals surface area (Å²) in [5.74, 6) is -0.547. The van der Waals surface area contributed by atoms with Crippen LogP contribution < -0.4 is 4.74 Å². The van der Waals surface area contributed by atoms with E-state index in [1.165, 1.54) is 18.2 Å². The van der Waals surface area contributed by atoms with Crippen LogP contribution in [0.1, 0.15) is 19.4 Å². The Balaban J connectivity index is 2.41. The molecule has 1 aliphatic rings. The minimum Gasteiger partial charge on any atom is -0.483 e. The van der Waals surface area contributed by atoms with Gasteiger partial charge in [-0.25, -0.2) is 8.42 Å². The first-order valence-corrected chi connectivity index (χ1v) is 7.22. The van der Waals surface area contributed by atoms with Gasteiger partial charge in [0.05, 0.1) is 4.90 Å². The normalized spacial score (nSPS) is 16.5. The third-order valence-electron chi connectivity index (χ3n) is 2.65. The van der Waals surface area contributed by atoms with Gasteiger partial charge in [0.25, 0.3) is 0 Å². The Bertz CT molecular complexity index is 661. The average molecular weight is 283 g/mol. The van der Waals surface area contributed by atoms with Crippen molar-refractivity contribution in [3.8, 4) is 5.75 Å². The van der Waals surface area contributed by atoms with E-state index in [0.717, 1.165) is 0 Å². The Morgan fingerprint density at radius 2 is 2.05 bits per heavy atom. The lowest BCUT2D eigenvalue weighted by Crippen LogP contribution is -2.27. The van der Waals surface area contributed by atoms with E-state index in [0.29, 0.717) is 11.3 Å². The van der Waals surface area contributed by atoms with Crippen molar-refractivity contribution in [3.63, 3.8) is 0 Å². The van der Waals surface area contributed by atoms with Crippen molar-refractivity contribution in [2.24, 2.45) is 0 Å². The van der Waals surface area contributed by atoms with Crippen LogP contribution in [0.2, 0.25) is 0 Å². The summed E-state index contributed by atoms with van der Waals surface area (Å²) in [6, 6.07) is 4.24. The summed E-state index contributed by atoms with van der Waals surface area (Å²) in [5.41, 5.74) is 0.151. The Morgan fingerprint density at radius 3 is 2.68 bits per heavy atom. The lowest BCUT2D eigenvalue weighted by atomic mass is 10.0. The van der Waals surface area contributed by atoms with Crippen molar-refractivity contribution in [1.82, 2.24) is 0 Å². The van der Waals surface area contributed by atoms with Crippen molar-refractivity contribution in [2.45, 2.75) is 24.3 Å². The summed E-state index contributed by atoms with van der Waals surface area (Å²) in [6.07, 6.45) is 3.56. The third kappa shape index (κ3) is 2.93. The van der Waals surface area contributed by atoms with E-state index in [2.05, 4.69) is 0 Å². The molecule has 0 unspecified atom stereocenters. The van der Waals surface area contributed by atoms with Crippen LogP contribution in [0, 0.1) is 10.1 Å². The lowest BCUT2D eigenvalue weighted by Gasteiger charge is -2.27. The van der Waals surface area contributed by atoms with Crippen LogP contribution in [0.5, 0.6) is 5.75 Å². The molecule has 1 aromatic rings. The maximum atomic E-state index is 11.7. The van der Waals surface area contributed by atoms with Gasteiger partial charge in [0, 0.05) is 10.5 Å². The highest BCUT2D eigenvalue weighted by Gasteiger charge is 2.25. The molecule has 6 nitrogen and oxygen atoms in total. The largest absolute Gasteiger partial charge is 0.483 e. The quantitative estimate of drug-likeness (QED) is 0.624. The fraction of sp³-hybridized carbons (Fsp3) is 0.333. The maximum Gasteiger partial charge on any atom is 0.305 e. The molecule has 0 bridgehead atoms. The molecule has 1 aromatic carbocycles. The second-order valence-corrected chi connectivity index (χ2v) is 6.77. The molecule has 0 saturated carbocycles. The number of rotatable bonds is 3. The van der Waals surface area contributed by atoms with Crippen LogP contribution in [-0.2, 0) is 9.84 Å². The molecule has 7 heteroatoms. The zero-order valence-electron chi connectivity index (χ0n) is 10.5. The highest BCUT2D eigenvalue weighted by atomic mass is 32.2. The smallest absolute Gasteiger partial charge is 0.305 e. The van der Waals surface area contributed by atoms with Gasteiger partial charge in [0.1, 0.15) is 11.4 Å². The van der Waals surface area contributed by atoms with Gasteiger partial charge in [0.2, 0.25) is 9.84 Å². The Labute approximate surface area is 110 Å². The molecule has 0 aromatic heterocycles. The second-order valence-electron chi connectivity index (χ2n) is 4.82. The predicted molar refractivity (Wildman–Crippen MR) is 69.2 cm³/mol. The van der Waals surface area contributed by atoms with Gasteiger partial charge in [0.15, 0.2) is 0 Å². The van der Waals surface area contributed by atoms with Crippen molar-refractivity contribution >= 4 is 15.9 Å². The third-order valence-corrected chi connectivity index (χ3v) is 4.18. The molecule has 102 valence electrons. The highest BCUT2D eigenvalue weighted by molar-refractivity contribution is 7.91. The standard InChI is InChI=1S/C12H13NO5S/c1-12(2)6-5-9-7-10(3-4-11(9)18-12)19(16,17)8-13(14)15/h3-7H,8H2,1-2H3. The van der Waals surface area contributed by atoms with E-state index in [4.69, 9.17) is 4.74 Å². The van der Waals surface area contributed by atoms with E-state index >= 15 is 0 Å². The van der Waals surface area contributed by atoms with Crippen LogP contribution in [0.25, 0.3) is 6.08 Å². The SMILES string of the molecule is CC1(C)C=Cc2cc(S(=O)(=O)C[N+](=O)[O-])ccc2O1. The Morgan fingerprint density at radius 1 is 1.37 bits per heavy atom. The van der Waals surface area contributed by atoms with E-state index in [-0.39, 0.29) is 4.90 Å². The first-order valence-electron chi connectivity index (χ1n) is 5.56. The van der Waals surface area contributed by atoms with Gasteiger partial charge in [-0.05, 0) is 38.1 Å². The van der Waals surface area contributed by atoms with Gasteiger partial charge < -0.3 is 4.74 Å². The van der Waals surface area contributed by atoms with Crippen LogP contribution in [0.3, 0.4) is 0 Å². The van der Waals surface area contributed by atoms with E-state index in [1.807, 2.05) is 13.8 Å². The lowest BCUT2D eigenvalue weighted by molar-refractivity contribution is -0.458. The molecule has 0 saturated heterocycles. The van der Waals surface area contributed by atoms with Crippen molar-refractivity contribution in [1.29, 1.82) is 0 Å². The number of ether oxygens (including phenoxy) is 1. The fourth-order valence-electron chi connectivity index (χ4n) is 1.76. The molecule has 0 amide bonds. The predicted octanol–water partition coefficient (Wildman–Crippen LogP) is 1.88. The zero-order valence-corrected chi connectivity index (χ0v) is 11.3. The van der Waals surface area contributed by atoms with Gasteiger partial charge in [-0.1, -0.05) is 6.08 Å². The summed E-state index contributed by atoms with van der Waals surface area (Å²) in [5, 5.41) is 10.3.